The van der Waals surface area contributed by atoms with Gasteiger partial charge >= 0.3 is 5.72 Å². The Labute approximate surface area is 67.0 Å². The van der Waals surface area contributed by atoms with Gasteiger partial charge in [0, 0.05) is 43.3 Å². The van der Waals surface area contributed by atoms with Gasteiger partial charge in [-0.1, -0.05) is 0 Å². The Balaban J connectivity index is 2.85. The minimum Gasteiger partial charge on any atom is -0.332 e. The van der Waals surface area contributed by atoms with Crippen molar-refractivity contribution in [3.8, 4) is 0 Å². The summed E-state index contributed by atoms with van der Waals surface area (Å²) in [7, 11) is 0. The van der Waals surface area contributed by atoms with E-state index in [0.29, 0.717) is 6.42 Å². The summed E-state index contributed by atoms with van der Waals surface area (Å²) in [4.78, 5) is 11.4. The Morgan fingerprint density at radius 2 is 1.82 bits per heavy atom. The fraction of sp³-hybridized carbons (Fsp3) is 1.00. The van der Waals surface area contributed by atoms with Gasteiger partial charge < -0.3 is 5.11 Å². The van der Waals surface area contributed by atoms with Crippen molar-refractivity contribution in [1.29, 1.82) is 0 Å². The molecule has 1 saturated heterocycles. The van der Waals surface area contributed by atoms with Crippen LogP contribution in [-0.2, 0) is 0 Å². The fourth-order valence-corrected chi connectivity index (χ4v) is 1.71. The number of piperidine rings is 1. The Morgan fingerprint density at radius 1 is 1.27 bits per heavy atom. The molecule has 1 aliphatic heterocycles. The van der Waals surface area contributed by atoms with E-state index in [4.69, 9.17) is 0 Å². The Morgan fingerprint density at radius 3 is 2.18 bits per heavy atom. The molecule has 0 aromatic carbocycles. The first-order valence-corrected chi connectivity index (χ1v) is 4.06. The van der Waals surface area contributed by atoms with Gasteiger partial charge in [-0.15, -0.1) is 0 Å². The number of nitrogens with zero attached hydrogens (tertiary/aromatic N) is 1. The van der Waals surface area contributed by atoms with Gasteiger partial charge in [0.1, 0.15) is 0 Å². The van der Waals surface area contributed by atoms with Gasteiger partial charge in [-0.2, -0.15) is 0 Å². The van der Waals surface area contributed by atoms with Crippen molar-refractivity contribution in [2.75, 3.05) is 0 Å². The quantitative estimate of drug-likeness (QED) is 0.542. The summed E-state index contributed by atoms with van der Waals surface area (Å²) >= 11 is 0. The van der Waals surface area contributed by atoms with Crippen LogP contribution in [0.4, 0.5) is 0 Å². The Bertz CT molecular complexity index is 167. The van der Waals surface area contributed by atoms with Gasteiger partial charge in [0.2, 0.25) is 5.54 Å². The average Bonchev–Trinajstić information content (AvgIpc) is 1.82. The first-order valence-electron chi connectivity index (χ1n) is 4.06. The molecule has 3 heteroatoms. The van der Waals surface area contributed by atoms with Crippen molar-refractivity contribution >= 4 is 0 Å². The van der Waals surface area contributed by atoms with Gasteiger partial charge in [-0.3, -0.25) is 0 Å². The summed E-state index contributed by atoms with van der Waals surface area (Å²) in [5, 5.41) is 9.59. The van der Waals surface area contributed by atoms with Crippen LogP contribution in [0.5, 0.6) is 0 Å². The minimum absolute atomic E-state index is 0.401. The molecule has 1 atom stereocenters. The number of rotatable bonds is 0. The molecule has 0 radical (unpaired) electrons. The first-order chi connectivity index (χ1) is 4.86. The lowest BCUT2D eigenvalue weighted by Gasteiger charge is -2.29. The summed E-state index contributed by atoms with van der Waals surface area (Å²) in [6.45, 7) is 5.32. The van der Waals surface area contributed by atoms with Crippen molar-refractivity contribution in [2.24, 2.45) is 0 Å². The maximum absolute atomic E-state index is 11.4. The summed E-state index contributed by atoms with van der Waals surface area (Å²) < 4.78 is 0.823. The molecule has 0 aromatic heterocycles. The fourth-order valence-electron chi connectivity index (χ4n) is 1.71. The van der Waals surface area contributed by atoms with Gasteiger partial charge in [0.25, 0.3) is 0 Å². The third kappa shape index (κ3) is 1.43. The zero-order chi connectivity index (χ0) is 8.70. The molecule has 0 aliphatic carbocycles. The average molecular weight is 158 g/mol. The van der Waals surface area contributed by atoms with E-state index in [-0.39, 0.29) is 0 Å². The van der Waals surface area contributed by atoms with Crippen LogP contribution in [0.2, 0.25) is 0 Å². The second-order valence-corrected chi connectivity index (χ2v) is 4.18. The highest BCUT2D eigenvalue weighted by Crippen LogP contribution is 2.32. The number of hydrogen-bond donors (Lipinski definition) is 1. The molecule has 1 N–H and O–H groups in total. The third-order valence-corrected chi connectivity index (χ3v) is 2.43. The Hall–Kier alpha value is -0.440. The van der Waals surface area contributed by atoms with Gasteiger partial charge in [0.05, 0.1) is 0 Å². The number of nitroso groups, excluding NO2 is 1. The highest BCUT2D eigenvalue weighted by atomic mass is 16.4. The van der Waals surface area contributed by atoms with Crippen LogP contribution in [0.3, 0.4) is 0 Å². The predicted molar refractivity (Wildman–Crippen MR) is 42.2 cm³/mol. The molecule has 0 aromatic rings. The number of aliphatic hydroxyl groups is 1. The van der Waals surface area contributed by atoms with E-state index >= 15 is 0 Å². The van der Waals surface area contributed by atoms with Gasteiger partial charge in [-0.05, 0) is 6.42 Å². The second-order valence-electron chi connectivity index (χ2n) is 4.18. The monoisotopic (exact) mass is 158 g/mol. The molecule has 0 amide bonds. The van der Waals surface area contributed by atoms with Crippen LogP contribution in [0.1, 0.15) is 40.0 Å². The lowest BCUT2D eigenvalue weighted by molar-refractivity contribution is -0.734. The predicted octanol–water partition coefficient (Wildman–Crippen LogP) is 1.44. The summed E-state index contributed by atoms with van der Waals surface area (Å²) in [5.41, 5.74) is -1.55. The highest BCUT2D eigenvalue weighted by Gasteiger charge is 2.51. The highest BCUT2D eigenvalue weighted by molar-refractivity contribution is 4.76. The lowest BCUT2D eigenvalue weighted by atomic mass is 9.88. The molecule has 1 aliphatic rings. The van der Waals surface area contributed by atoms with Crippen molar-refractivity contribution in [1.82, 2.24) is 0 Å². The molecule has 0 saturated carbocycles. The molecule has 1 fully saturated rings. The standard InChI is InChI=1S/C8H16NO2/c1-7(2)5-4-6-8(3,10)9(7)11/h10H,4-6H2,1-3H3/q+1. The third-order valence-electron chi connectivity index (χ3n) is 2.43. The van der Waals surface area contributed by atoms with Gasteiger partial charge in [0.15, 0.2) is 0 Å². The van der Waals surface area contributed by atoms with Crippen LogP contribution < -0.4 is 0 Å². The van der Waals surface area contributed by atoms with E-state index in [9.17, 15) is 10.0 Å². The SMILES string of the molecule is CC1(C)CCCC(C)(O)[N+]1=O. The lowest BCUT2D eigenvalue weighted by Crippen LogP contribution is -2.52. The maximum atomic E-state index is 11.4. The van der Waals surface area contributed by atoms with E-state index in [1.807, 2.05) is 13.8 Å². The van der Waals surface area contributed by atoms with Crippen LogP contribution in [0, 0.1) is 4.91 Å². The van der Waals surface area contributed by atoms with Crippen molar-refractivity contribution < 1.29 is 9.87 Å². The van der Waals surface area contributed by atoms with Gasteiger partial charge in [-0.25, -0.2) is 0 Å². The van der Waals surface area contributed by atoms with Crippen LogP contribution in [-0.4, -0.2) is 21.1 Å². The van der Waals surface area contributed by atoms with E-state index in [2.05, 4.69) is 0 Å². The van der Waals surface area contributed by atoms with Crippen LogP contribution >= 0.6 is 0 Å². The van der Waals surface area contributed by atoms with Crippen molar-refractivity contribution in [3.05, 3.63) is 4.91 Å². The molecule has 1 heterocycles. The molecule has 11 heavy (non-hydrogen) atoms. The number of hydrogen-bond acceptors (Lipinski definition) is 2. The zero-order valence-electron chi connectivity index (χ0n) is 7.42. The van der Waals surface area contributed by atoms with E-state index in [0.717, 1.165) is 17.6 Å². The normalized spacial score (nSPS) is 37.3. The van der Waals surface area contributed by atoms with E-state index in [1.54, 1.807) is 6.92 Å². The molecule has 0 spiro atoms. The van der Waals surface area contributed by atoms with Crippen molar-refractivity contribution in [3.63, 3.8) is 0 Å². The Kier molecular flexibility index (Phi) is 1.79. The zero-order valence-corrected chi connectivity index (χ0v) is 7.42. The first kappa shape index (κ1) is 8.65. The van der Waals surface area contributed by atoms with Crippen LogP contribution in [0.15, 0.2) is 0 Å². The molecule has 1 rings (SSSR count). The topological polar surface area (TPSA) is 40.3 Å². The molecule has 64 valence electrons. The van der Waals surface area contributed by atoms with E-state index in [1.165, 1.54) is 0 Å². The largest absolute Gasteiger partial charge is 0.332 e. The molecule has 3 nitrogen and oxygen atoms in total. The summed E-state index contributed by atoms with van der Waals surface area (Å²) in [6, 6.07) is 0. The molecular formula is C8H16NO2+. The van der Waals surface area contributed by atoms with E-state index < -0.39 is 11.3 Å². The smallest absolute Gasteiger partial charge is 0.309 e. The van der Waals surface area contributed by atoms with Crippen molar-refractivity contribution in [2.45, 2.75) is 51.3 Å². The maximum Gasteiger partial charge on any atom is 0.309 e. The summed E-state index contributed by atoms with van der Waals surface area (Å²) in [6.07, 6.45) is 2.38. The summed E-state index contributed by atoms with van der Waals surface area (Å²) in [5.74, 6) is 0. The molecule has 1 unspecified atom stereocenters. The molecule has 0 bridgehead atoms. The minimum atomic E-state index is -1.15. The van der Waals surface area contributed by atoms with Crippen LogP contribution in [0.25, 0.3) is 0 Å². The second kappa shape index (κ2) is 2.27. The molecular weight excluding hydrogens is 142 g/mol.